The van der Waals surface area contributed by atoms with Gasteiger partial charge >= 0.3 is 0 Å². The van der Waals surface area contributed by atoms with Gasteiger partial charge in [-0.05, 0) is 53.5 Å². The van der Waals surface area contributed by atoms with Crippen LogP contribution in [0.25, 0.3) is 17.2 Å². The van der Waals surface area contributed by atoms with Gasteiger partial charge in [0, 0.05) is 17.6 Å². The summed E-state index contributed by atoms with van der Waals surface area (Å²) in [6.07, 6.45) is 3.36. The summed E-state index contributed by atoms with van der Waals surface area (Å²) in [6, 6.07) is 24.0. The van der Waals surface area contributed by atoms with Gasteiger partial charge in [-0.25, -0.2) is 0 Å². The van der Waals surface area contributed by atoms with Gasteiger partial charge in [-0.15, -0.1) is 11.6 Å². The molecule has 3 aromatic rings. The molecule has 3 aromatic carbocycles. The van der Waals surface area contributed by atoms with E-state index in [0.29, 0.717) is 5.88 Å². The molecule has 0 unspecified atom stereocenters. The minimum absolute atomic E-state index is 0.163. The molecular formula is C23H20ClNO. The quantitative estimate of drug-likeness (QED) is 0.434. The Hall–Kier alpha value is -2.84. The fourth-order valence-electron chi connectivity index (χ4n) is 2.60. The number of alkyl halides is 1. The van der Waals surface area contributed by atoms with Crippen molar-refractivity contribution in [1.29, 1.82) is 0 Å². The van der Waals surface area contributed by atoms with Crippen molar-refractivity contribution in [2.45, 2.75) is 12.8 Å². The van der Waals surface area contributed by atoms with E-state index < -0.39 is 0 Å². The molecule has 0 saturated heterocycles. The van der Waals surface area contributed by atoms with E-state index in [4.69, 9.17) is 11.6 Å². The SMILES string of the molecule is Cc1ccc(-c2cccc(/C=C/C(=O)Nc3ccc(CCl)cc3)c2)cc1. The van der Waals surface area contributed by atoms with Gasteiger partial charge in [0.25, 0.3) is 0 Å². The minimum Gasteiger partial charge on any atom is -0.323 e. The zero-order chi connectivity index (χ0) is 18.4. The van der Waals surface area contributed by atoms with Gasteiger partial charge in [0.2, 0.25) is 5.91 Å². The predicted molar refractivity (Wildman–Crippen MR) is 110 cm³/mol. The second-order valence-corrected chi connectivity index (χ2v) is 6.41. The fourth-order valence-corrected chi connectivity index (χ4v) is 2.78. The lowest BCUT2D eigenvalue weighted by molar-refractivity contribution is -0.111. The zero-order valence-corrected chi connectivity index (χ0v) is 15.3. The molecule has 3 heteroatoms. The molecule has 0 heterocycles. The van der Waals surface area contributed by atoms with Crippen LogP contribution in [0.1, 0.15) is 16.7 Å². The minimum atomic E-state index is -0.163. The van der Waals surface area contributed by atoms with Crippen LogP contribution >= 0.6 is 11.6 Å². The van der Waals surface area contributed by atoms with Crippen LogP contribution in [0.15, 0.2) is 78.9 Å². The molecule has 130 valence electrons. The molecular weight excluding hydrogens is 342 g/mol. The molecule has 0 bridgehead atoms. The number of halogens is 1. The first-order chi connectivity index (χ1) is 12.6. The summed E-state index contributed by atoms with van der Waals surface area (Å²) in [5, 5.41) is 2.85. The lowest BCUT2D eigenvalue weighted by atomic mass is 10.0. The number of aryl methyl sites for hydroxylation is 1. The first kappa shape index (κ1) is 18.0. The highest BCUT2D eigenvalue weighted by Crippen LogP contribution is 2.21. The number of amides is 1. The standard InChI is InChI=1S/C23H20ClNO/c1-17-5-10-20(11-6-17)21-4-2-3-18(15-21)9-14-23(26)25-22-12-7-19(16-24)8-13-22/h2-15H,16H2,1H3,(H,25,26)/b14-9+. The van der Waals surface area contributed by atoms with Crippen molar-refractivity contribution in [3.63, 3.8) is 0 Å². The highest BCUT2D eigenvalue weighted by molar-refractivity contribution is 6.17. The van der Waals surface area contributed by atoms with Crippen molar-refractivity contribution >= 4 is 29.3 Å². The van der Waals surface area contributed by atoms with Crippen molar-refractivity contribution in [2.75, 3.05) is 5.32 Å². The third-order valence-corrected chi connectivity index (χ3v) is 4.38. The Labute approximate surface area is 159 Å². The molecule has 0 aliphatic carbocycles. The Kier molecular flexibility index (Phi) is 5.88. The lowest BCUT2D eigenvalue weighted by Gasteiger charge is -2.04. The van der Waals surface area contributed by atoms with Crippen molar-refractivity contribution < 1.29 is 4.79 Å². The molecule has 1 amide bonds. The second kappa shape index (κ2) is 8.50. The molecule has 0 spiro atoms. The molecule has 2 nitrogen and oxygen atoms in total. The van der Waals surface area contributed by atoms with Crippen LogP contribution in [0.3, 0.4) is 0 Å². The molecule has 0 radical (unpaired) electrons. The zero-order valence-electron chi connectivity index (χ0n) is 14.6. The Balaban J connectivity index is 1.68. The van der Waals surface area contributed by atoms with Crippen LogP contribution in [0.5, 0.6) is 0 Å². The molecule has 26 heavy (non-hydrogen) atoms. The second-order valence-electron chi connectivity index (χ2n) is 6.14. The Bertz CT molecular complexity index is 912. The molecule has 0 saturated carbocycles. The van der Waals surface area contributed by atoms with E-state index in [0.717, 1.165) is 27.9 Å². The number of nitrogens with one attached hydrogen (secondary N) is 1. The third-order valence-electron chi connectivity index (χ3n) is 4.07. The van der Waals surface area contributed by atoms with Gasteiger partial charge in [-0.2, -0.15) is 0 Å². The van der Waals surface area contributed by atoms with E-state index in [1.807, 2.05) is 42.5 Å². The Morgan fingerprint density at radius 3 is 2.38 bits per heavy atom. The van der Waals surface area contributed by atoms with Crippen molar-refractivity contribution in [3.8, 4) is 11.1 Å². The summed E-state index contributed by atoms with van der Waals surface area (Å²) >= 11 is 5.77. The van der Waals surface area contributed by atoms with Crippen molar-refractivity contribution in [1.82, 2.24) is 0 Å². The summed E-state index contributed by atoms with van der Waals surface area (Å²) in [4.78, 5) is 12.1. The van der Waals surface area contributed by atoms with Crippen LogP contribution in [0.4, 0.5) is 5.69 Å². The Morgan fingerprint density at radius 1 is 0.962 bits per heavy atom. The number of rotatable bonds is 5. The van der Waals surface area contributed by atoms with Crippen LogP contribution < -0.4 is 5.32 Å². The summed E-state index contributed by atoms with van der Waals surface area (Å²) in [5.74, 6) is 0.301. The van der Waals surface area contributed by atoms with E-state index in [1.54, 1.807) is 6.08 Å². The maximum Gasteiger partial charge on any atom is 0.248 e. The highest BCUT2D eigenvalue weighted by Gasteiger charge is 2.00. The van der Waals surface area contributed by atoms with Gasteiger partial charge in [-0.1, -0.05) is 60.2 Å². The van der Waals surface area contributed by atoms with Crippen LogP contribution in [0, 0.1) is 6.92 Å². The lowest BCUT2D eigenvalue weighted by Crippen LogP contribution is -2.07. The summed E-state index contributed by atoms with van der Waals surface area (Å²) in [6.45, 7) is 2.07. The Morgan fingerprint density at radius 2 is 1.69 bits per heavy atom. The number of hydrogen-bond donors (Lipinski definition) is 1. The average molecular weight is 362 g/mol. The number of benzene rings is 3. The molecule has 0 aromatic heterocycles. The fraction of sp³-hybridized carbons (Fsp3) is 0.0870. The van der Waals surface area contributed by atoms with E-state index >= 15 is 0 Å². The van der Waals surface area contributed by atoms with E-state index in [1.165, 1.54) is 5.56 Å². The first-order valence-corrected chi connectivity index (χ1v) is 8.98. The average Bonchev–Trinajstić information content (AvgIpc) is 2.68. The number of hydrogen-bond acceptors (Lipinski definition) is 1. The van der Waals surface area contributed by atoms with Crippen molar-refractivity contribution in [2.24, 2.45) is 0 Å². The number of carbonyl (C=O) groups is 1. The van der Waals surface area contributed by atoms with Gasteiger partial charge < -0.3 is 5.32 Å². The van der Waals surface area contributed by atoms with Gasteiger partial charge in [-0.3, -0.25) is 4.79 Å². The maximum absolute atomic E-state index is 12.1. The summed E-state index contributed by atoms with van der Waals surface area (Å²) in [5.41, 5.74) is 6.28. The number of carbonyl (C=O) groups excluding carboxylic acids is 1. The molecule has 0 atom stereocenters. The largest absolute Gasteiger partial charge is 0.323 e. The third kappa shape index (κ3) is 4.84. The molecule has 0 aliphatic rings. The number of anilines is 1. The van der Waals surface area contributed by atoms with E-state index in [-0.39, 0.29) is 5.91 Å². The highest BCUT2D eigenvalue weighted by atomic mass is 35.5. The van der Waals surface area contributed by atoms with Gasteiger partial charge in [0.05, 0.1) is 0 Å². The maximum atomic E-state index is 12.1. The smallest absolute Gasteiger partial charge is 0.248 e. The first-order valence-electron chi connectivity index (χ1n) is 8.45. The molecule has 0 aliphatic heterocycles. The van der Waals surface area contributed by atoms with Crippen molar-refractivity contribution in [3.05, 3.63) is 95.6 Å². The van der Waals surface area contributed by atoms with Crippen LogP contribution in [-0.4, -0.2) is 5.91 Å². The van der Waals surface area contributed by atoms with Crippen LogP contribution in [0.2, 0.25) is 0 Å². The monoisotopic (exact) mass is 361 g/mol. The molecule has 1 N–H and O–H groups in total. The van der Waals surface area contributed by atoms with Crippen LogP contribution in [-0.2, 0) is 10.7 Å². The normalized spacial score (nSPS) is 10.8. The summed E-state index contributed by atoms with van der Waals surface area (Å²) < 4.78 is 0. The van der Waals surface area contributed by atoms with E-state index in [9.17, 15) is 4.79 Å². The van der Waals surface area contributed by atoms with Gasteiger partial charge in [0.15, 0.2) is 0 Å². The van der Waals surface area contributed by atoms with Gasteiger partial charge in [0.1, 0.15) is 0 Å². The summed E-state index contributed by atoms with van der Waals surface area (Å²) in [7, 11) is 0. The molecule has 3 rings (SSSR count). The topological polar surface area (TPSA) is 29.1 Å². The molecule has 0 fully saturated rings. The van der Waals surface area contributed by atoms with E-state index in [2.05, 4.69) is 48.6 Å². The predicted octanol–water partition coefficient (Wildman–Crippen LogP) is 6.05.